The maximum atomic E-state index is 12.6. The van der Waals surface area contributed by atoms with Crippen LogP contribution in [0.5, 0.6) is 0 Å². The molecule has 3 atom stereocenters. The van der Waals surface area contributed by atoms with E-state index in [2.05, 4.69) is 45.8 Å². The van der Waals surface area contributed by atoms with Gasteiger partial charge in [0, 0.05) is 44.8 Å². The van der Waals surface area contributed by atoms with Crippen LogP contribution in [0.15, 0.2) is 24.3 Å². The summed E-state index contributed by atoms with van der Waals surface area (Å²) < 4.78 is 4.40. The van der Waals surface area contributed by atoms with Gasteiger partial charge in [-0.15, -0.1) is 0 Å². The average Bonchev–Trinajstić information content (AvgIpc) is 3.13. The lowest BCUT2D eigenvalue weighted by atomic mass is 9.92. The zero-order valence-corrected chi connectivity index (χ0v) is 20.3. The standard InChI is InChI=1S/C22H33N3O.C4H8O2/c1-16-7-8-17(2)12-18(11-16)13-24-10-9-20(15-24)25-14-19-5-3-4-6-21(19)23-22(25)26;1-3-6-4(2)5/h3-6,16-18,20H,7-15H2,1-2H3,(H,23,26);3H2,1-2H3. The van der Waals surface area contributed by atoms with Gasteiger partial charge < -0.3 is 19.9 Å². The molecule has 1 saturated heterocycles. The third-order valence-corrected chi connectivity index (χ3v) is 7.04. The predicted octanol–water partition coefficient (Wildman–Crippen LogP) is 5.14. The van der Waals surface area contributed by atoms with Crippen LogP contribution in [0.25, 0.3) is 0 Å². The number of para-hydroxylation sites is 1. The number of urea groups is 1. The lowest BCUT2D eigenvalue weighted by molar-refractivity contribution is -0.140. The minimum atomic E-state index is -0.211. The highest BCUT2D eigenvalue weighted by atomic mass is 16.5. The normalized spacial score (nSPS) is 28.1. The smallest absolute Gasteiger partial charge is 0.322 e. The Morgan fingerprint density at radius 2 is 1.81 bits per heavy atom. The second kappa shape index (κ2) is 11.7. The number of carbonyl (C=O) groups is 2. The minimum Gasteiger partial charge on any atom is -0.466 e. The summed E-state index contributed by atoms with van der Waals surface area (Å²) >= 11 is 0. The first-order chi connectivity index (χ1) is 15.4. The second-order valence-electron chi connectivity index (χ2n) is 9.97. The van der Waals surface area contributed by atoms with Crippen LogP contribution in [0.1, 0.15) is 65.4 Å². The summed E-state index contributed by atoms with van der Waals surface area (Å²) in [6.45, 7) is 12.6. The first-order valence-corrected chi connectivity index (χ1v) is 12.4. The Morgan fingerprint density at radius 3 is 2.44 bits per heavy atom. The van der Waals surface area contributed by atoms with Crippen molar-refractivity contribution in [3.63, 3.8) is 0 Å². The summed E-state index contributed by atoms with van der Waals surface area (Å²) in [6.07, 6.45) is 6.65. The summed E-state index contributed by atoms with van der Waals surface area (Å²) in [7, 11) is 0. The molecule has 1 saturated carbocycles. The van der Waals surface area contributed by atoms with E-state index >= 15 is 0 Å². The second-order valence-corrected chi connectivity index (χ2v) is 9.97. The van der Waals surface area contributed by atoms with E-state index in [9.17, 15) is 9.59 Å². The molecular formula is C26H41N3O3. The van der Waals surface area contributed by atoms with Crippen molar-refractivity contribution in [2.45, 2.75) is 72.4 Å². The fraction of sp³-hybridized carbons (Fsp3) is 0.692. The van der Waals surface area contributed by atoms with Crippen molar-refractivity contribution in [3.8, 4) is 0 Å². The van der Waals surface area contributed by atoms with Crippen molar-refractivity contribution in [1.82, 2.24) is 9.80 Å². The molecule has 6 heteroatoms. The number of esters is 1. The summed E-state index contributed by atoms with van der Waals surface area (Å²) in [5, 5.41) is 3.07. The number of nitrogens with zero attached hydrogens (tertiary/aromatic N) is 2. The monoisotopic (exact) mass is 443 g/mol. The number of likely N-dealkylation sites (tertiary alicyclic amines) is 1. The van der Waals surface area contributed by atoms with E-state index in [-0.39, 0.29) is 12.0 Å². The van der Waals surface area contributed by atoms with Crippen LogP contribution in [0.2, 0.25) is 0 Å². The highest BCUT2D eigenvalue weighted by molar-refractivity contribution is 5.92. The molecule has 178 valence electrons. The first kappa shape index (κ1) is 24.6. The summed E-state index contributed by atoms with van der Waals surface area (Å²) in [5.41, 5.74) is 2.21. The van der Waals surface area contributed by atoms with Crippen molar-refractivity contribution >= 4 is 17.7 Å². The van der Waals surface area contributed by atoms with E-state index in [4.69, 9.17) is 0 Å². The zero-order valence-electron chi connectivity index (χ0n) is 20.3. The van der Waals surface area contributed by atoms with E-state index in [1.807, 2.05) is 12.1 Å². The van der Waals surface area contributed by atoms with Crippen LogP contribution in [-0.4, -0.2) is 54.1 Å². The largest absolute Gasteiger partial charge is 0.466 e. The number of nitrogens with one attached hydrogen (secondary N) is 1. The molecule has 1 N–H and O–H groups in total. The van der Waals surface area contributed by atoms with Crippen molar-refractivity contribution in [2.24, 2.45) is 17.8 Å². The van der Waals surface area contributed by atoms with Crippen LogP contribution >= 0.6 is 0 Å². The number of fused-ring (bicyclic) bond motifs is 1. The Hall–Kier alpha value is -2.08. The van der Waals surface area contributed by atoms with Gasteiger partial charge in [0.2, 0.25) is 0 Å². The Morgan fingerprint density at radius 1 is 1.12 bits per heavy atom. The number of rotatable bonds is 4. The van der Waals surface area contributed by atoms with E-state index in [1.165, 1.54) is 44.7 Å². The zero-order chi connectivity index (χ0) is 23.1. The Bertz CT molecular complexity index is 756. The molecule has 3 unspecified atom stereocenters. The van der Waals surface area contributed by atoms with Gasteiger partial charge in [0.05, 0.1) is 6.61 Å². The topological polar surface area (TPSA) is 61.9 Å². The molecule has 0 radical (unpaired) electrons. The molecule has 1 aromatic carbocycles. The van der Waals surface area contributed by atoms with Crippen molar-refractivity contribution in [3.05, 3.63) is 29.8 Å². The van der Waals surface area contributed by atoms with Gasteiger partial charge in [-0.1, -0.05) is 44.9 Å². The molecule has 2 fully saturated rings. The summed E-state index contributed by atoms with van der Waals surface area (Å²) in [6, 6.07) is 8.60. The molecule has 0 aromatic heterocycles. The number of carbonyl (C=O) groups excluding carboxylic acids is 2. The number of amides is 2. The van der Waals surface area contributed by atoms with Gasteiger partial charge in [0.25, 0.3) is 0 Å². The third kappa shape index (κ3) is 6.96. The maximum absolute atomic E-state index is 12.6. The van der Waals surface area contributed by atoms with E-state index in [1.54, 1.807) is 6.92 Å². The number of hydrogen-bond acceptors (Lipinski definition) is 4. The molecule has 6 nitrogen and oxygen atoms in total. The lowest BCUT2D eigenvalue weighted by Crippen LogP contribution is -2.46. The molecule has 1 aromatic rings. The van der Waals surface area contributed by atoms with Crippen LogP contribution in [0.3, 0.4) is 0 Å². The predicted molar refractivity (Wildman–Crippen MR) is 128 cm³/mol. The van der Waals surface area contributed by atoms with Crippen molar-refractivity contribution < 1.29 is 14.3 Å². The highest BCUT2D eigenvalue weighted by Gasteiger charge is 2.34. The van der Waals surface area contributed by atoms with Crippen LogP contribution in [-0.2, 0) is 16.1 Å². The van der Waals surface area contributed by atoms with Crippen LogP contribution in [0.4, 0.5) is 10.5 Å². The van der Waals surface area contributed by atoms with Gasteiger partial charge in [-0.3, -0.25) is 4.79 Å². The SMILES string of the molecule is CC1CCC(C)CC(CN2CCC(N3Cc4ccccc4NC3=O)C2)C1.CCOC(C)=O. The molecular weight excluding hydrogens is 402 g/mol. The number of hydrogen-bond donors (Lipinski definition) is 1. The van der Waals surface area contributed by atoms with Gasteiger partial charge in [0.15, 0.2) is 0 Å². The molecule has 3 aliphatic rings. The van der Waals surface area contributed by atoms with E-state index in [0.717, 1.165) is 49.5 Å². The Balaban J connectivity index is 0.000000427. The minimum absolute atomic E-state index is 0.0762. The van der Waals surface area contributed by atoms with Gasteiger partial charge >= 0.3 is 12.0 Å². The molecule has 0 bridgehead atoms. The van der Waals surface area contributed by atoms with Crippen molar-refractivity contribution in [1.29, 1.82) is 0 Å². The molecule has 2 aliphatic heterocycles. The number of ether oxygens (including phenoxy) is 1. The number of anilines is 1. The van der Waals surface area contributed by atoms with Gasteiger partial charge in [-0.2, -0.15) is 0 Å². The summed E-state index contributed by atoms with van der Waals surface area (Å²) in [4.78, 5) is 27.1. The van der Waals surface area contributed by atoms with Gasteiger partial charge in [-0.05, 0) is 55.6 Å². The first-order valence-electron chi connectivity index (χ1n) is 12.4. The Kier molecular flexibility index (Phi) is 8.97. The average molecular weight is 444 g/mol. The molecule has 2 amide bonds. The van der Waals surface area contributed by atoms with Crippen LogP contribution in [0, 0.1) is 17.8 Å². The summed E-state index contributed by atoms with van der Waals surface area (Å²) in [5.74, 6) is 2.36. The van der Waals surface area contributed by atoms with Crippen LogP contribution < -0.4 is 5.32 Å². The molecule has 4 rings (SSSR count). The highest BCUT2D eigenvalue weighted by Crippen LogP contribution is 2.33. The fourth-order valence-corrected chi connectivity index (χ4v) is 5.51. The fourth-order valence-electron chi connectivity index (χ4n) is 5.51. The van der Waals surface area contributed by atoms with E-state index < -0.39 is 0 Å². The van der Waals surface area contributed by atoms with E-state index in [0.29, 0.717) is 12.6 Å². The Labute approximate surface area is 193 Å². The lowest BCUT2D eigenvalue weighted by Gasteiger charge is -2.34. The molecule has 1 aliphatic carbocycles. The molecule has 2 heterocycles. The third-order valence-electron chi connectivity index (χ3n) is 7.04. The molecule has 32 heavy (non-hydrogen) atoms. The quantitative estimate of drug-likeness (QED) is 0.517. The van der Waals surface area contributed by atoms with Gasteiger partial charge in [0.1, 0.15) is 0 Å². The van der Waals surface area contributed by atoms with Crippen molar-refractivity contribution in [2.75, 3.05) is 31.6 Å². The van der Waals surface area contributed by atoms with Gasteiger partial charge in [-0.25, -0.2) is 4.79 Å². The maximum Gasteiger partial charge on any atom is 0.322 e. The molecule has 0 spiro atoms. The number of benzene rings is 1.